The number of hydrogen-bond donors (Lipinski definition) is 3. The Morgan fingerprint density at radius 1 is 1.22 bits per heavy atom. The molecule has 0 radical (unpaired) electrons. The van der Waals surface area contributed by atoms with E-state index in [2.05, 4.69) is 17.0 Å². The molecule has 5 heteroatoms. The van der Waals surface area contributed by atoms with Gasteiger partial charge in [0.1, 0.15) is 5.84 Å². The minimum atomic E-state index is -0.273. The number of unbranched alkanes of at least 4 members (excludes halogenated alkanes) is 1. The van der Waals surface area contributed by atoms with Gasteiger partial charge in [0, 0.05) is 12.0 Å². The Morgan fingerprint density at radius 3 is 2.33 bits per heavy atom. The van der Waals surface area contributed by atoms with Crippen LogP contribution in [-0.4, -0.2) is 47.3 Å². The van der Waals surface area contributed by atoms with Gasteiger partial charge in [-0.2, -0.15) is 0 Å². The molecule has 0 atom stereocenters. The molecule has 0 amide bonds. The highest BCUT2D eigenvalue weighted by molar-refractivity contribution is 5.85. The van der Waals surface area contributed by atoms with Crippen molar-refractivity contribution in [3.8, 4) is 0 Å². The van der Waals surface area contributed by atoms with Crippen LogP contribution in [0.5, 0.6) is 0 Å². The summed E-state index contributed by atoms with van der Waals surface area (Å²) in [5, 5.41) is 20.8. The third-order valence-corrected chi connectivity index (χ3v) is 3.32. The van der Waals surface area contributed by atoms with Crippen LogP contribution in [0.3, 0.4) is 0 Å². The van der Waals surface area contributed by atoms with Crippen molar-refractivity contribution in [3.05, 3.63) is 0 Å². The summed E-state index contributed by atoms with van der Waals surface area (Å²) >= 11 is 0. The zero-order valence-corrected chi connectivity index (χ0v) is 12.0. The van der Waals surface area contributed by atoms with Crippen molar-refractivity contribution < 1.29 is 10.3 Å². The van der Waals surface area contributed by atoms with Crippen molar-refractivity contribution >= 4 is 5.84 Å². The fourth-order valence-corrected chi connectivity index (χ4v) is 1.87. The molecule has 0 aromatic rings. The minimum absolute atomic E-state index is 0.202. The van der Waals surface area contributed by atoms with Crippen LogP contribution < -0.4 is 5.73 Å². The van der Waals surface area contributed by atoms with E-state index in [9.17, 15) is 0 Å². The lowest BCUT2D eigenvalue weighted by atomic mass is 9.86. The summed E-state index contributed by atoms with van der Waals surface area (Å²) in [6.45, 7) is 9.02. The summed E-state index contributed by atoms with van der Waals surface area (Å²) in [5.74, 6) is 0.282. The van der Waals surface area contributed by atoms with Gasteiger partial charge in [-0.3, -0.25) is 0 Å². The van der Waals surface area contributed by atoms with Gasteiger partial charge in [-0.05, 0) is 32.4 Å². The van der Waals surface area contributed by atoms with Crippen molar-refractivity contribution in [2.75, 3.05) is 26.2 Å². The van der Waals surface area contributed by atoms with Gasteiger partial charge in [0.15, 0.2) is 0 Å². The fraction of sp³-hybridized carbons (Fsp3) is 0.923. The van der Waals surface area contributed by atoms with Crippen LogP contribution >= 0.6 is 0 Å². The molecule has 0 aliphatic carbocycles. The maximum atomic E-state index is 9.01. The first kappa shape index (κ1) is 17.2. The number of nitrogens with zero attached hydrogens (tertiary/aromatic N) is 2. The second-order valence-corrected chi connectivity index (χ2v) is 5.39. The summed E-state index contributed by atoms with van der Waals surface area (Å²) in [5.41, 5.74) is 5.38. The molecule has 0 aromatic heterocycles. The highest BCUT2D eigenvalue weighted by atomic mass is 16.4. The van der Waals surface area contributed by atoms with Gasteiger partial charge < -0.3 is 20.9 Å². The predicted octanol–water partition coefficient (Wildman–Crippen LogP) is 1.63. The van der Waals surface area contributed by atoms with Crippen LogP contribution in [0, 0.1) is 5.41 Å². The number of oxime groups is 1. The minimum Gasteiger partial charge on any atom is -0.409 e. The number of nitrogens with two attached hydrogens (primary N) is 1. The maximum Gasteiger partial charge on any atom is 0.144 e. The molecule has 0 unspecified atom stereocenters. The first-order valence-electron chi connectivity index (χ1n) is 6.79. The maximum absolute atomic E-state index is 9.01. The summed E-state index contributed by atoms with van der Waals surface area (Å²) in [6.07, 6.45) is 4.17. The molecule has 0 heterocycles. The first-order valence-corrected chi connectivity index (χ1v) is 6.79. The van der Waals surface area contributed by atoms with Gasteiger partial charge in [-0.25, -0.2) is 0 Å². The molecule has 0 aromatic carbocycles. The van der Waals surface area contributed by atoms with Crippen LogP contribution in [0.2, 0.25) is 0 Å². The van der Waals surface area contributed by atoms with Gasteiger partial charge in [0.2, 0.25) is 0 Å². The van der Waals surface area contributed by atoms with E-state index in [1.807, 2.05) is 13.8 Å². The molecular weight excluding hydrogens is 230 g/mol. The Labute approximate surface area is 111 Å². The number of amidine groups is 1. The number of aliphatic hydroxyl groups is 1. The topological polar surface area (TPSA) is 82.1 Å². The molecule has 0 aliphatic heterocycles. The van der Waals surface area contributed by atoms with Crippen molar-refractivity contribution in [2.45, 2.75) is 46.5 Å². The standard InChI is InChI=1S/C13H29N3O2/c1-4-5-8-16(10-11-17)9-6-7-13(2,3)12(14)15-18/h17-18H,4-11H2,1-3H3,(H2,14,15). The molecular formula is C13H29N3O2. The van der Waals surface area contributed by atoms with Gasteiger partial charge >= 0.3 is 0 Å². The molecule has 0 bridgehead atoms. The summed E-state index contributed by atoms with van der Waals surface area (Å²) in [7, 11) is 0. The Morgan fingerprint density at radius 2 is 1.83 bits per heavy atom. The van der Waals surface area contributed by atoms with Crippen LogP contribution in [-0.2, 0) is 0 Å². The summed E-state index contributed by atoms with van der Waals surface area (Å²) in [6, 6.07) is 0. The quantitative estimate of drug-likeness (QED) is 0.241. The molecule has 18 heavy (non-hydrogen) atoms. The van der Waals surface area contributed by atoms with Crippen LogP contribution in [0.25, 0.3) is 0 Å². The largest absolute Gasteiger partial charge is 0.409 e. The van der Waals surface area contributed by atoms with Crippen molar-refractivity contribution in [2.24, 2.45) is 16.3 Å². The van der Waals surface area contributed by atoms with Crippen LogP contribution in [0.4, 0.5) is 0 Å². The molecule has 0 aliphatic rings. The molecule has 0 rings (SSSR count). The number of aliphatic hydroxyl groups excluding tert-OH is 1. The van der Waals surface area contributed by atoms with E-state index in [0.717, 1.165) is 45.3 Å². The molecule has 108 valence electrons. The second kappa shape index (κ2) is 9.16. The highest BCUT2D eigenvalue weighted by Crippen LogP contribution is 2.22. The lowest BCUT2D eigenvalue weighted by Gasteiger charge is -2.26. The molecule has 4 N–H and O–H groups in total. The van der Waals surface area contributed by atoms with Crippen molar-refractivity contribution in [3.63, 3.8) is 0 Å². The van der Waals surface area contributed by atoms with E-state index in [0.29, 0.717) is 0 Å². The molecule has 0 spiro atoms. The van der Waals surface area contributed by atoms with E-state index in [4.69, 9.17) is 16.0 Å². The van der Waals surface area contributed by atoms with Gasteiger partial charge in [0.25, 0.3) is 0 Å². The van der Waals surface area contributed by atoms with Gasteiger partial charge in [0.05, 0.1) is 6.61 Å². The Bertz CT molecular complexity index is 242. The Balaban J connectivity index is 4.04. The first-order chi connectivity index (χ1) is 8.47. The zero-order chi connectivity index (χ0) is 14.0. The summed E-state index contributed by atoms with van der Waals surface area (Å²) < 4.78 is 0. The number of rotatable bonds is 10. The normalized spacial score (nSPS) is 13.3. The van der Waals surface area contributed by atoms with E-state index in [1.165, 1.54) is 0 Å². The van der Waals surface area contributed by atoms with Crippen molar-refractivity contribution in [1.29, 1.82) is 0 Å². The average Bonchev–Trinajstić information content (AvgIpc) is 2.34. The Hall–Kier alpha value is -0.810. The molecule has 0 saturated carbocycles. The summed E-state index contributed by atoms with van der Waals surface area (Å²) in [4.78, 5) is 2.27. The third-order valence-electron chi connectivity index (χ3n) is 3.32. The van der Waals surface area contributed by atoms with E-state index in [-0.39, 0.29) is 17.9 Å². The average molecular weight is 259 g/mol. The smallest absolute Gasteiger partial charge is 0.144 e. The predicted molar refractivity (Wildman–Crippen MR) is 74.9 cm³/mol. The second-order valence-electron chi connectivity index (χ2n) is 5.39. The van der Waals surface area contributed by atoms with E-state index in [1.54, 1.807) is 0 Å². The van der Waals surface area contributed by atoms with E-state index < -0.39 is 0 Å². The van der Waals surface area contributed by atoms with Gasteiger partial charge in [-0.1, -0.05) is 32.3 Å². The zero-order valence-electron chi connectivity index (χ0n) is 12.0. The Kier molecular flexibility index (Phi) is 8.75. The number of hydrogen-bond acceptors (Lipinski definition) is 4. The lowest BCUT2D eigenvalue weighted by Crippen LogP contribution is -2.34. The van der Waals surface area contributed by atoms with Crippen LogP contribution in [0.1, 0.15) is 46.5 Å². The van der Waals surface area contributed by atoms with E-state index >= 15 is 0 Å². The van der Waals surface area contributed by atoms with Gasteiger partial charge in [-0.15, -0.1) is 0 Å². The lowest BCUT2D eigenvalue weighted by molar-refractivity contribution is 0.188. The molecule has 5 nitrogen and oxygen atoms in total. The monoisotopic (exact) mass is 259 g/mol. The molecule has 0 fully saturated rings. The highest BCUT2D eigenvalue weighted by Gasteiger charge is 2.23. The SMILES string of the molecule is CCCCN(CCO)CCCC(C)(C)C(N)=NO. The van der Waals surface area contributed by atoms with Crippen molar-refractivity contribution in [1.82, 2.24) is 4.90 Å². The molecule has 0 saturated heterocycles. The third kappa shape index (κ3) is 6.81. The fourth-order valence-electron chi connectivity index (χ4n) is 1.87. The van der Waals surface area contributed by atoms with Crippen LogP contribution in [0.15, 0.2) is 5.16 Å².